The highest BCUT2D eigenvalue weighted by atomic mass is 14.4. The minimum atomic E-state index is -0.145. The van der Waals surface area contributed by atoms with Gasteiger partial charge in [0.2, 0.25) is 0 Å². The van der Waals surface area contributed by atoms with Crippen molar-refractivity contribution in [1.29, 1.82) is 0 Å². The van der Waals surface area contributed by atoms with Gasteiger partial charge in [0.25, 0.3) is 0 Å². The van der Waals surface area contributed by atoms with E-state index in [2.05, 4.69) is 175 Å². The fourth-order valence-electron chi connectivity index (χ4n) is 9.74. The second kappa shape index (κ2) is 10.1. The first-order valence-corrected chi connectivity index (χ1v) is 18.0. The molecule has 0 fully saturated rings. The van der Waals surface area contributed by atoms with Crippen LogP contribution in [0.25, 0.3) is 76.8 Å². The molecule has 0 amide bonds. The van der Waals surface area contributed by atoms with Gasteiger partial charge >= 0.3 is 0 Å². The van der Waals surface area contributed by atoms with Crippen LogP contribution in [0.3, 0.4) is 0 Å². The van der Waals surface area contributed by atoms with Gasteiger partial charge in [-0.15, -0.1) is 0 Å². The van der Waals surface area contributed by atoms with Crippen LogP contribution in [0.15, 0.2) is 133 Å². The molecule has 2 aliphatic carbocycles. The van der Waals surface area contributed by atoms with Gasteiger partial charge in [0, 0.05) is 10.8 Å². The SMILES string of the molecule is Cc1ccc2c(-c3cc4c(c5c6c(ccc35)C(C)(C)c3ccccc3-6)-c3ccccc3C4(C)C)c3ccc(C)cc3c(-c3ccccc3)c2c1. The molecule has 0 nitrogen and oxygen atoms in total. The first-order valence-electron chi connectivity index (χ1n) is 18.0. The predicted molar refractivity (Wildman–Crippen MR) is 214 cm³/mol. The van der Waals surface area contributed by atoms with Crippen LogP contribution in [0.5, 0.6) is 0 Å². The molecule has 0 radical (unpaired) electrons. The third kappa shape index (κ3) is 3.77. The Morgan fingerprint density at radius 2 is 0.840 bits per heavy atom. The van der Waals surface area contributed by atoms with Crippen molar-refractivity contribution >= 4 is 32.3 Å². The van der Waals surface area contributed by atoms with E-state index >= 15 is 0 Å². The Balaban J connectivity index is 1.45. The maximum Gasteiger partial charge on any atom is 0.0159 e. The molecule has 10 rings (SSSR count). The lowest BCUT2D eigenvalue weighted by Crippen LogP contribution is -2.15. The molecule has 0 aliphatic heterocycles. The number of rotatable bonds is 2. The third-order valence-corrected chi connectivity index (χ3v) is 12.1. The average molecular weight is 641 g/mol. The molecule has 8 aromatic rings. The van der Waals surface area contributed by atoms with Crippen LogP contribution in [0.2, 0.25) is 0 Å². The molecule has 0 N–H and O–H groups in total. The molecular weight excluding hydrogens is 601 g/mol. The Labute approximate surface area is 295 Å². The van der Waals surface area contributed by atoms with Crippen molar-refractivity contribution in [3.8, 4) is 44.5 Å². The van der Waals surface area contributed by atoms with Gasteiger partial charge < -0.3 is 0 Å². The highest BCUT2D eigenvalue weighted by Gasteiger charge is 2.41. The summed E-state index contributed by atoms with van der Waals surface area (Å²) in [4.78, 5) is 0. The van der Waals surface area contributed by atoms with Crippen molar-refractivity contribution in [3.63, 3.8) is 0 Å². The van der Waals surface area contributed by atoms with Crippen molar-refractivity contribution in [2.75, 3.05) is 0 Å². The van der Waals surface area contributed by atoms with E-state index in [9.17, 15) is 0 Å². The molecule has 0 heteroatoms. The standard InChI is InChI=1S/C50H40/c1-29-20-22-32-37(26-29)44(31-14-8-7-9-15-31)38-27-30(2)21-23-33(38)45(32)39-28-43-47(36-17-11-13-19-41(36)50(43,5)6)48-34(39)24-25-42-46(48)35-16-10-12-18-40(35)49(42,3)4/h7-28H,1-6H3. The van der Waals surface area contributed by atoms with E-state index in [1.165, 1.54) is 110 Å². The van der Waals surface area contributed by atoms with Gasteiger partial charge in [-0.05, 0) is 119 Å². The highest BCUT2D eigenvalue weighted by molar-refractivity contribution is 6.26. The van der Waals surface area contributed by atoms with Crippen LogP contribution in [-0.2, 0) is 10.8 Å². The van der Waals surface area contributed by atoms with Crippen LogP contribution in [0.1, 0.15) is 61.1 Å². The van der Waals surface area contributed by atoms with Gasteiger partial charge in [-0.25, -0.2) is 0 Å². The Morgan fingerprint density at radius 1 is 0.340 bits per heavy atom. The van der Waals surface area contributed by atoms with Crippen LogP contribution in [0, 0.1) is 13.8 Å². The highest BCUT2D eigenvalue weighted by Crippen LogP contribution is 2.59. The number of hydrogen-bond acceptors (Lipinski definition) is 0. The molecule has 0 saturated heterocycles. The summed E-state index contributed by atoms with van der Waals surface area (Å²) in [5.41, 5.74) is 18.8. The van der Waals surface area contributed by atoms with Gasteiger partial charge in [0.1, 0.15) is 0 Å². The Morgan fingerprint density at radius 3 is 1.44 bits per heavy atom. The van der Waals surface area contributed by atoms with Gasteiger partial charge in [-0.2, -0.15) is 0 Å². The van der Waals surface area contributed by atoms with Crippen molar-refractivity contribution in [3.05, 3.63) is 167 Å². The Hall–Kier alpha value is -5.46. The lowest BCUT2D eigenvalue weighted by atomic mass is 9.77. The van der Waals surface area contributed by atoms with Crippen LogP contribution in [0.4, 0.5) is 0 Å². The van der Waals surface area contributed by atoms with E-state index in [-0.39, 0.29) is 10.8 Å². The molecule has 0 heterocycles. The predicted octanol–water partition coefficient (Wildman–Crippen LogP) is 13.7. The van der Waals surface area contributed by atoms with E-state index in [4.69, 9.17) is 0 Å². The van der Waals surface area contributed by atoms with E-state index in [0.717, 1.165) is 0 Å². The van der Waals surface area contributed by atoms with Crippen LogP contribution in [-0.4, -0.2) is 0 Å². The zero-order chi connectivity index (χ0) is 34.1. The maximum atomic E-state index is 2.58. The first-order chi connectivity index (χ1) is 24.2. The summed E-state index contributed by atoms with van der Waals surface area (Å²) in [6.07, 6.45) is 0. The van der Waals surface area contributed by atoms with E-state index in [1.54, 1.807) is 0 Å². The molecule has 50 heavy (non-hydrogen) atoms. The van der Waals surface area contributed by atoms with Gasteiger partial charge in [-0.1, -0.05) is 166 Å². The van der Waals surface area contributed by atoms with Crippen LogP contribution >= 0.6 is 0 Å². The largest absolute Gasteiger partial charge is 0.0622 e. The van der Waals surface area contributed by atoms with Crippen molar-refractivity contribution in [2.24, 2.45) is 0 Å². The summed E-state index contributed by atoms with van der Waals surface area (Å²) in [6.45, 7) is 14.1. The summed E-state index contributed by atoms with van der Waals surface area (Å²) >= 11 is 0. The zero-order valence-electron chi connectivity index (χ0n) is 29.7. The third-order valence-electron chi connectivity index (χ3n) is 12.1. The number of benzene rings is 8. The van der Waals surface area contributed by atoms with Crippen LogP contribution < -0.4 is 0 Å². The topological polar surface area (TPSA) is 0 Å². The van der Waals surface area contributed by atoms with Crippen molar-refractivity contribution in [1.82, 2.24) is 0 Å². The summed E-state index contributed by atoms with van der Waals surface area (Å²) in [6, 6.07) is 50.9. The minimum Gasteiger partial charge on any atom is -0.0622 e. The molecular formula is C50H40. The fourth-order valence-corrected chi connectivity index (χ4v) is 9.74. The Kier molecular flexibility index (Phi) is 5.92. The number of fused-ring (bicyclic) bond motifs is 11. The fraction of sp³-hybridized carbons (Fsp3) is 0.160. The normalized spacial score (nSPS) is 14.9. The molecule has 0 spiro atoms. The zero-order valence-corrected chi connectivity index (χ0v) is 29.7. The summed E-state index contributed by atoms with van der Waals surface area (Å²) < 4.78 is 0. The number of aryl methyl sites for hydroxylation is 2. The second-order valence-corrected chi connectivity index (χ2v) is 15.8. The van der Waals surface area contributed by atoms with E-state index < -0.39 is 0 Å². The first kappa shape index (κ1) is 29.5. The lowest BCUT2D eigenvalue weighted by Gasteiger charge is -2.26. The summed E-state index contributed by atoms with van der Waals surface area (Å²) in [5.74, 6) is 0. The quantitative estimate of drug-likeness (QED) is 0.165. The van der Waals surface area contributed by atoms with Crippen molar-refractivity contribution in [2.45, 2.75) is 52.4 Å². The molecule has 0 unspecified atom stereocenters. The maximum absolute atomic E-state index is 2.58. The second-order valence-electron chi connectivity index (χ2n) is 15.8. The summed E-state index contributed by atoms with van der Waals surface area (Å²) in [7, 11) is 0. The number of hydrogen-bond donors (Lipinski definition) is 0. The van der Waals surface area contributed by atoms with E-state index in [1.807, 2.05) is 0 Å². The molecule has 8 aromatic carbocycles. The molecule has 0 saturated carbocycles. The molecule has 240 valence electrons. The Bertz CT molecular complexity index is 2670. The molecule has 0 aromatic heterocycles. The summed E-state index contributed by atoms with van der Waals surface area (Å²) in [5, 5.41) is 7.97. The molecule has 0 atom stereocenters. The van der Waals surface area contributed by atoms with Crippen molar-refractivity contribution < 1.29 is 0 Å². The monoisotopic (exact) mass is 640 g/mol. The molecule has 2 aliphatic rings. The van der Waals surface area contributed by atoms with E-state index in [0.29, 0.717) is 0 Å². The van der Waals surface area contributed by atoms with Gasteiger partial charge in [0.15, 0.2) is 0 Å². The average Bonchev–Trinajstić information content (AvgIpc) is 3.50. The minimum absolute atomic E-state index is 0.0809. The molecule has 0 bridgehead atoms. The van der Waals surface area contributed by atoms with Gasteiger partial charge in [0.05, 0.1) is 0 Å². The van der Waals surface area contributed by atoms with Gasteiger partial charge in [-0.3, -0.25) is 0 Å². The smallest absolute Gasteiger partial charge is 0.0159 e. The lowest BCUT2D eigenvalue weighted by molar-refractivity contribution is 0.660.